The molecule has 148 valence electrons. The minimum Gasteiger partial charge on any atom is -0.385 e. The Bertz CT molecular complexity index is 880. The Morgan fingerprint density at radius 3 is 2.21 bits per heavy atom. The Morgan fingerprint density at radius 2 is 1.57 bits per heavy atom. The predicted molar refractivity (Wildman–Crippen MR) is 110 cm³/mol. The Labute approximate surface area is 166 Å². The van der Waals surface area contributed by atoms with Crippen molar-refractivity contribution >= 4 is 11.7 Å². The number of carbonyl (C=O) groups excluding carboxylic acids is 1. The summed E-state index contributed by atoms with van der Waals surface area (Å²) in [5, 5.41) is 3.96. The molecule has 0 heterocycles. The summed E-state index contributed by atoms with van der Waals surface area (Å²) >= 11 is 0. The first kappa shape index (κ1) is 20.2. The number of methoxy groups -OCH3 is 2. The molecule has 0 saturated carbocycles. The molecule has 3 rings (SSSR count). The van der Waals surface area contributed by atoms with Crippen LogP contribution < -0.4 is 0 Å². The third kappa shape index (κ3) is 3.73. The molecule has 0 unspecified atom stereocenters. The molecular formula is C23H27NO4. The predicted octanol–water partition coefficient (Wildman–Crippen LogP) is 4.31. The number of ether oxygens (including phenoxy) is 2. The molecule has 2 aromatic carbocycles. The molecule has 1 aliphatic carbocycles. The highest BCUT2D eigenvalue weighted by atomic mass is 16.7. The molecule has 0 aliphatic heterocycles. The molecule has 5 nitrogen and oxygen atoms in total. The smallest absolute Gasteiger partial charge is 0.331 e. The molecule has 0 fully saturated rings. The second kappa shape index (κ2) is 8.67. The number of oxime groups is 1. The van der Waals surface area contributed by atoms with Crippen molar-refractivity contribution in [3.63, 3.8) is 0 Å². The SMILES string of the molecule is COCCC1(CCOC)c2ccccc2-c2ccc(C(C)=NOC(C)=O)cc21. The quantitative estimate of drug-likeness (QED) is 0.388. The van der Waals surface area contributed by atoms with Gasteiger partial charge in [-0.2, -0.15) is 0 Å². The first-order valence-corrected chi connectivity index (χ1v) is 9.48. The van der Waals surface area contributed by atoms with Gasteiger partial charge in [0.15, 0.2) is 0 Å². The van der Waals surface area contributed by atoms with Crippen LogP contribution >= 0.6 is 0 Å². The van der Waals surface area contributed by atoms with Crippen molar-refractivity contribution < 1.29 is 19.1 Å². The zero-order valence-corrected chi connectivity index (χ0v) is 17.0. The van der Waals surface area contributed by atoms with Gasteiger partial charge in [-0.3, -0.25) is 0 Å². The highest BCUT2D eigenvalue weighted by Gasteiger charge is 2.42. The zero-order chi connectivity index (χ0) is 20.1. The minimum atomic E-state index is -0.428. The van der Waals surface area contributed by atoms with Gasteiger partial charge >= 0.3 is 5.97 Å². The van der Waals surface area contributed by atoms with Crippen LogP contribution in [0, 0.1) is 0 Å². The normalized spacial score (nSPS) is 14.5. The molecule has 1 aliphatic rings. The molecule has 2 aromatic rings. The maximum absolute atomic E-state index is 11.1. The molecule has 0 bridgehead atoms. The number of benzene rings is 2. The van der Waals surface area contributed by atoms with Crippen molar-refractivity contribution in [1.82, 2.24) is 0 Å². The molecule has 0 amide bonds. The molecule has 0 saturated heterocycles. The number of nitrogens with zero attached hydrogens (tertiary/aromatic N) is 1. The summed E-state index contributed by atoms with van der Waals surface area (Å²) in [4.78, 5) is 15.9. The van der Waals surface area contributed by atoms with E-state index in [-0.39, 0.29) is 5.41 Å². The maximum atomic E-state index is 11.1. The van der Waals surface area contributed by atoms with Crippen molar-refractivity contribution in [3.05, 3.63) is 59.2 Å². The van der Waals surface area contributed by atoms with E-state index in [1.54, 1.807) is 14.2 Å². The van der Waals surface area contributed by atoms with E-state index in [1.807, 2.05) is 13.0 Å². The van der Waals surface area contributed by atoms with Gasteiger partial charge in [-0.1, -0.05) is 41.6 Å². The topological polar surface area (TPSA) is 57.1 Å². The van der Waals surface area contributed by atoms with E-state index < -0.39 is 5.97 Å². The molecule has 0 spiro atoms. The van der Waals surface area contributed by atoms with Crippen LogP contribution in [-0.4, -0.2) is 39.1 Å². The first-order valence-electron chi connectivity index (χ1n) is 9.48. The van der Waals surface area contributed by atoms with Crippen LogP contribution in [0.2, 0.25) is 0 Å². The highest BCUT2D eigenvalue weighted by Crippen LogP contribution is 2.52. The second-order valence-corrected chi connectivity index (χ2v) is 7.13. The third-order valence-electron chi connectivity index (χ3n) is 5.46. The van der Waals surface area contributed by atoms with Crippen LogP contribution in [0.25, 0.3) is 11.1 Å². The van der Waals surface area contributed by atoms with Crippen LogP contribution in [0.4, 0.5) is 0 Å². The van der Waals surface area contributed by atoms with Gasteiger partial charge in [0.2, 0.25) is 0 Å². The number of carbonyl (C=O) groups is 1. The summed E-state index contributed by atoms with van der Waals surface area (Å²) in [5.41, 5.74) is 6.46. The summed E-state index contributed by atoms with van der Waals surface area (Å²) in [6.45, 7) is 4.50. The van der Waals surface area contributed by atoms with E-state index in [4.69, 9.17) is 14.3 Å². The Balaban J connectivity index is 2.14. The summed E-state index contributed by atoms with van der Waals surface area (Å²) < 4.78 is 10.9. The number of hydrogen-bond donors (Lipinski definition) is 0. The van der Waals surface area contributed by atoms with E-state index in [1.165, 1.54) is 29.2 Å². The van der Waals surface area contributed by atoms with Crippen LogP contribution in [0.5, 0.6) is 0 Å². The van der Waals surface area contributed by atoms with Crippen molar-refractivity contribution in [3.8, 4) is 11.1 Å². The second-order valence-electron chi connectivity index (χ2n) is 7.13. The standard InChI is InChI=1S/C23H27NO4/c1-16(24-28-17(2)25)18-9-10-20-19-7-5-6-8-21(19)23(11-13-26-3,12-14-27-4)22(20)15-18/h5-10,15H,11-14H2,1-4H3. The molecular weight excluding hydrogens is 354 g/mol. The van der Waals surface area contributed by atoms with E-state index in [0.29, 0.717) is 18.9 Å². The van der Waals surface area contributed by atoms with Crippen LogP contribution in [0.3, 0.4) is 0 Å². The Morgan fingerprint density at radius 1 is 0.929 bits per heavy atom. The van der Waals surface area contributed by atoms with Crippen molar-refractivity contribution in [1.29, 1.82) is 0 Å². The minimum absolute atomic E-state index is 0.185. The summed E-state index contributed by atoms with van der Waals surface area (Å²) in [6, 6.07) is 14.9. The lowest BCUT2D eigenvalue weighted by molar-refractivity contribution is -0.140. The van der Waals surface area contributed by atoms with Gasteiger partial charge in [-0.05, 0) is 53.6 Å². The van der Waals surface area contributed by atoms with Crippen molar-refractivity contribution in [2.45, 2.75) is 32.1 Å². The van der Waals surface area contributed by atoms with Gasteiger partial charge in [0.05, 0.1) is 5.71 Å². The van der Waals surface area contributed by atoms with Gasteiger partial charge < -0.3 is 14.3 Å². The molecule has 0 N–H and O–H groups in total. The van der Waals surface area contributed by atoms with Gasteiger partial charge in [0.25, 0.3) is 0 Å². The third-order valence-corrected chi connectivity index (χ3v) is 5.46. The fraction of sp³-hybridized carbons (Fsp3) is 0.391. The summed E-state index contributed by atoms with van der Waals surface area (Å²) in [7, 11) is 3.47. The monoisotopic (exact) mass is 381 g/mol. The fourth-order valence-electron chi connectivity index (χ4n) is 4.08. The Kier molecular flexibility index (Phi) is 6.27. The number of rotatable bonds is 8. The molecule has 5 heteroatoms. The van der Waals surface area contributed by atoms with Crippen LogP contribution in [0.15, 0.2) is 47.6 Å². The number of fused-ring (bicyclic) bond motifs is 3. The van der Waals surface area contributed by atoms with Crippen molar-refractivity contribution in [2.24, 2.45) is 5.16 Å². The Hall–Kier alpha value is -2.50. The zero-order valence-electron chi connectivity index (χ0n) is 17.0. The van der Waals surface area contributed by atoms with Crippen LogP contribution in [0.1, 0.15) is 43.4 Å². The first-order chi connectivity index (χ1) is 13.5. The van der Waals surface area contributed by atoms with Gasteiger partial charge in [0.1, 0.15) is 0 Å². The molecule has 0 atom stereocenters. The van der Waals surface area contributed by atoms with Gasteiger partial charge in [0, 0.05) is 39.8 Å². The fourth-order valence-corrected chi connectivity index (χ4v) is 4.08. The highest BCUT2D eigenvalue weighted by molar-refractivity contribution is 6.00. The lowest BCUT2D eigenvalue weighted by atomic mass is 9.73. The molecule has 28 heavy (non-hydrogen) atoms. The lowest BCUT2D eigenvalue weighted by Crippen LogP contribution is -2.29. The van der Waals surface area contributed by atoms with E-state index in [2.05, 4.69) is 41.6 Å². The summed E-state index contributed by atoms with van der Waals surface area (Å²) in [5.74, 6) is -0.428. The molecule has 0 radical (unpaired) electrons. The maximum Gasteiger partial charge on any atom is 0.331 e. The lowest BCUT2D eigenvalue weighted by Gasteiger charge is -2.32. The van der Waals surface area contributed by atoms with Gasteiger partial charge in [-0.15, -0.1) is 0 Å². The van der Waals surface area contributed by atoms with Gasteiger partial charge in [-0.25, -0.2) is 4.79 Å². The van der Waals surface area contributed by atoms with E-state index >= 15 is 0 Å². The summed E-state index contributed by atoms with van der Waals surface area (Å²) in [6.07, 6.45) is 1.72. The van der Waals surface area contributed by atoms with E-state index in [0.717, 1.165) is 18.4 Å². The van der Waals surface area contributed by atoms with E-state index in [9.17, 15) is 4.79 Å². The largest absolute Gasteiger partial charge is 0.385 e. The molecule has 0 aromatic heterocycles. The van der Waals surface area contributed by atoms with Crippen molar-refractivity contribution in [2.75, 3.05) is 27.4 Å². The average Bonchev–Trinajstić information content (AvgIpc) is 2.98. The average molecular weight is 381 g/mol. The number of hydrogen-bond acceptors (Lipinski definition) is 5. The van der Waals surface area contributed by atoms with Crippen LogP contribution in [-0.2, 0) is 24.5 Å².